The van der Waals surface area contributed by atoms with Crippen molar-refractivity contribution in [3.8, 4) is 11.5 Å². The van der Waals surface area contributed by atoms with E-state index in [2.05, 4.69) is 30.6 Å². The molecule has 1 rings (SSSR count). The molecule has 0 aliphatic rings. The zero-order chi connectivity index (χ0) is 14.3. The van der Waals surface area contributed by atoms with Gasteiger partial charge in [-0.05, 0) is 38.0 Å². The Labute approximate surface area is 120 Å². The van der Waals surface area contributed by atoms with Gasteiger partial charge in [0.05, 0.1) is 14.2 Å². The molecule has 0 aromatic heterocycles. The smallest absolute Gasteiger partial charge is 0.161 e. The van der Waals surface area contributed by atoms with E-state index in [1.807, 2.05) is 12.1 Å². The molecule has 108 valence electrons. The lowest BCUT2D eigenvalue weighted by atomic mass is 10.2. The van der Waals surface area contributed by atoms with Gasteiger partial charge in [0.1, 0.15) is 0 Å². The molecule has 0 saturated carbocycles. The van der Waals surface area contributed by atoms with Crippen molar-refractivity contribution in [3.63, 3.8) is 0 Å². The number of ether oxygens (including phenoxy) is 2. The topological polar surface area (TPSA) is 33.7 Å². The number of nitrogens with one attached hydrogen (secondary N) is 1. The van der Waals surface area contributed by atoms with E-state index in [0.29, 0.717) is 0 Å². The Morgan fingerprint density at radius 3 is 2.32 bits per heavy atom. The van der Waals surface area contributed by atoms with Crippen molar-refractivity contribution in [2.24, 2.45) is 0 Å². The van der Waals surface area contributed by atoms with Gasteiger partial charge in [-0.1, -0.05) is 0 Å². The van der Waals surface area contributed by atoms with Crippen LogP contribution in [0.4, 0.5) is 0 Å². The van der Waals surface area contributed by atoms with Gasteiger partial charge in [-0.2, -0.15) is 0 Å². The Morgan fingerprint density at radius 2 is 1.79 bits per heavy atom. The Morgan fingerprint density at radius 1 is 1.16 bits per heavy atom. The van der Waals surface area contributed by atoms with Gasteiger partial charge in [-0.15, -0.1) is 11.8 Å². The van der Waals surface area contributed by atoms with Gasteiger partial charge in [0.2, 0.25) is 0 Å². The Kier molecular flexibility index (Phi) is 7.05. The normalized spacial score (nSPS) is 10.8. The summed E-state index contributed by atoms with van der Waals surface area (Å²) in [5.74, 6) is 1.56. The van der Waals surface area contributed by atoms with Crippen LogP contribution in [0.2, 0.25) is 0 Å². The molecule has 1 N–H and O–H groups in total. The lowest BCUT2D eigenvalue weighted by Gasteiger charge is -2.15. The van der Waals surface area contributed by atoms with E-state index in [4.69, 9.17) is 9.47 Å². The first-order chi connectivity index (χ1) is 9.12. The van der Waals surface area contributed by atoms with Crippen LogP contribution < -0.4 is 14.8 Å². The van der Waals surface area contributed by atoms with Crippen LogP contribution >= 0.6 is 11.8 Å². The summed E-state index contributed by atoms with van der Waals surface area (Å²) in [6.45, 7) is 2.83. The molecular formula is C14H24N2O2S. The number of hydrogen-bond donors (Lipinski definition) is 1. The molecule has 0 amide bonds. The summed E-state index contributed by atoms with van der Waals surface area (Å²) in [5, 5.41) is 3.45. The molecule has 0 saturated heterocycles. The third-order valence-corrected chi connectivity index (χ3v) is 3.66. The van der Waals surface area contributed by atoms with Crippen molar-refractivity contribution in [2.75, 3.05) is 47.7 Å². The van der Waals surface area contributed by atoms with Gasteiger partial charge in [-0.25, -0.2) is 0 Å². The highest BCUT2D eigenvalue weighted by molar-refractivity contribution is 7.98. The van der Waals surface area contributed by atoms with Crippen LogP contribution in [-0.2, 0) is 6.54 Å². The monoisotopic (exact) mass is 284 g/mol. The second-order valence-electron chi connectivity index (χ2n) is 4.50. The van der Waals surface area contributed by atoms with E-state index in [9.17, 15) is 0 Å². The fourth-order valence-corrected chi connectivity index (χ4v) is 2.37. The van der Waals surface area contributed by atoms with Crippen LogP contribution in [-0.4, -0.2) is 52.6 Å². The predicted octanol–water partition coefficient (Wildman–Crippen LogP) is 2.08. The maximum atomic E-state index is 5.35. The number of thioether (sulfide) groups is 1. The number of methoxy groups -OCH3 is 2. The highest BCUT2D eigenvalue weighted by Gasteiger charge is 2.10. The minimum atomic E-state index is 0.781. The molecule has 1 aromatic carbocycles. The van der Waals surface area contributed by atoms with Crippen molar-refractivity contribution in [1.82, 2.24) is 10.2 Å². The van der Waals surface area contributed by atoms with Crippen LogP contribution in [0.3, 0.4) is 0 Å². The Balaban J connectivity index is 2.75. The minimum absolute atomic E-state index is 0.781. The van der Waals surface area contributed by atoms with Crippen molar-refractivity contribution >= 4 is 11.8 Å². The third-order valence-electron chi connectivity index (χ3n) is 2.84. The minimum Gasteiger partial charge on any atom is -0.493 e. The largest absolute Gasteiger partial charge is 0.493 e. The SMILES string of the molecule is COc1cc(CNCCN(C)C)c(SC)cc1OC. The molecule has 0 unspecified atom stereocenters. The van der Waals surface area contributed by atoms with Crippen LogP contribution in [0.25, 0.3) is 0 Å². The zero-order valence-corrected chi connectivity index (χ0v) is 13.3. The first-order valence-corrected chi connectivity index (χ1v) is 7.49. The summed E-state index contributed by atoms with van der Waals surface area (Å²) in [7, 11) is 7.48. The van der Waals surface area contributed by atoms with Gasteiger partial charge in [0.25, 0.3) is 0 Å². The second-order valence-corrected chi connectivity index (χ2v) is 5.35. The predicted molar refractivity (Wildman–Crippen MR) is 81.6 cm³/mol. The lowest BCUT2D eigenvalue weighted by molar-refractivity contribution is 0.353. The highest BCUT2D eigenvalue weighted by Crippen LogP contribution is 2.34. The molecule has 0 radical (unpaired) electrons. The molecule has 0 aliphatic carbocycles. The molecule has 0 aliphatic heterocycles. The maximum Gasteiger partial charge on any atom is 0.161 e. The maximum absolute atomic E-state index is 5.35. The van der Waals surface area contributed by atoms with E-state index in [1.54, 1.807) is 26.0 Å². The van der Waals surface area contributed by atoms with Crippen LogP contribution in [0, 0.1) is 0 Å². The van der Waals surface area contributed by atoms with Crippen molar-refractivity contribution in [2.45, 2.75) is 11.4 Å². The van der Waals surface area contributed by atoms with E-state index < -0.39 is 0 Å². The van der Waals surface area contributed by atoms with Gasteiger partial charge >= 0.3 is 0 Å². The van der Waals surface area contributed by atoms with Gasteiger partial charge in [0.15, 0.2) is 11.5 Å². The van der Waals surface area contributed by atoms with E-state index in [0.717, 1.165) is 31.1 Å². The van der Waals surface area contributed by atoms with Crippen LogP contribution in [0.1, 0.15) is 5.56 Å². The van der Waals surface area contributed by atoms with Crippen LogP contribution in [0.15, 0.2) is 17.0 Å². The quantitative estimate of drug-likeness (QED) is 0.584. The summed E-state index contributed by atoms with van der Waals surface area (Å²) >= 11 is 1.72. The summed E-state index contributed by atoms with van der Waals surface area (Å²) in [4.78, 5) is 3.38. The van der Waals surface area contributed by atoms with E-state index in [1.165, 1.54) is 10.5 Å². The number of nitrogens with zero attached hydrogens (tertiary/aromatic N) is 1. The molecule has 5 heteroatoms. The Bertz CT molecular complexity index is 397. The number of likely N-dealkylation sites (N-methyl/N-ethyl adjacent to an activating group) is 1. The fourth-order valence-electron chi connectivity index (χ4n) is 1.76. The van der Waals surface area contributed by atoms with Crippen molar-refractivity contribution in [3.05, 3.63) is 17.7 Å². The van der Waals surface area contributed by atoms with Crippen molar-refractivity contribution in [1.29, 1.82) is 0 Å². The molecule has 0 bridgehead atoms. The molecule has 0 fully saturated rings. The molecule has 1 aromatic rings. The van der Waals surface area contributed by atoms with E-state index >= 15 is 0 Å². The molecule has 4 nitrogen and oxygen atoms in total. The van der Waals surface area contributed by atoms with Gasteiger partial charge in [-0.3, -0.25) is 0 Å². The summed E-state index contributed by atoms with van der Waals surface area (Å²) in [6.07, 6.45) is 2.07. The summed E-state index contributed by atoms with van der Waals surface area (Å²) in [5.41, 5.74) is 1.24. The molecule has 0 heterocycles. The average molecular weight is 284 g/mol. The highest BCUT2D eigenvalue weighted by atomic mass is 32.2. The van der Waals surface area contributed by atoms with Crippen LogP contribution in [0.5, 0.6) is 11.5 Å². The van der Waals surface area contributed by atoms with Crippen molar-refractivity contribution < 1.29 is 9.47 Å². The van der Waals surface area contributed by atoms with Gasteiger partial charge < -0.3 is 19.7 Å². The molecular weight excluding hydrogens is 260 g/mol. The standard InChI is InChI=1S/C14H24N2O2S/c1-16(2)7-6-15-10-11-8-12(17-3)13(18-4)9-14(11)19-5/h8-9,15H,6-7,10H2,1-5H3. The summed E-state index contributed by atoms with van der Waals surface area (Å²) < 4.78 is 10.7. The number of rotatable bonds is 8. The van der Waals surface area contributed by atoms with E-state index in [-0.39, 0.29) is 0 Å². The number of benzene rings is 1. The fraction of sp³-hybridized carbons (Fsp3) is 0.571. The third kappa shape index (κ3) is 4.93. The second kappa shape index (κ2) is 8.30. The Hall–Kier alpha value is -0.910. The molecule has 0 spiro atoms. The number of hydrogen-bond acceptors (Lipinski definition) is 5. The zero-order valence-electron chi connectivity index (χ0n) is 12.4. The molecule has 0 atom stereocenters. The summed E-state index contributed by atoms with van der Waals surface area (Å²) in [6, 6.07) is 4.08. The molecule has 19 heavy (non-hydrogen) atoms. The first kappa shape index (κ1) is 16.1. The van der Waals surface area contributed by atoms with Gasteiger partial charge in [0, 0.05) is 24.5 Å². The lowest BCUT2D eigenvalue weighted by Crippen LogP contribution is -2.26. The first-order valence-electron chi connectivity index (χ1n) is 6.26. The average Bonchev–Trinajstić information content (AvgIpc) is 2.42.